The van der Waals surface area contributed by atoms with Crippen molar-refractivity contribution in [2.45, 2.75) is 52.0 Å². The Kier molecular flexibility index (Phi) is 6.08. The van der Waals surface area contributed by atoms with E-state index < -0.39 is 5.41 Å². The first-order chi connectivity index (χ1) is 9.10. The molecule has 1 aliphatic rings. The van der Waals surface area contributed by atoms with E-state index in [9.17, 15) is 4.79 Å². The van der Waals surface area contributed by atoms with E-state index >= 15 is 0 Å². The molecular weight excluding hydrogens is 246 g/mol. The van der Waals surface area contributed by atoms with Gasteiger partial charge in [-0.1, -0.05) is 25.4 Å². The number of carbonyl (C=O) groups excluding carboxylic acids is 1. The Morgan fingerprint density at radius 2 is 2.11 bits per heavy atom. The summed E-state index contributed by atoms with van der Waals surface area (Å²) in [5.41, 5.74) is 4.84. The lowest BCUT2D eigenvalue weighted by atomic mass is 9.78. The number of rotatable bonds is 6. The summed E-state index contributed by atoms with van der Waals surface area (Å²) < 4.78 is 5.28. The number of hydrogen-bond donors (Lipinski definition) is 3. The van der Waals surface area contributed by atoms with Gasteiger partial charge in [0, 0.05) is 19.3 Å². The van der Waals surface area contributed by atoms with Crippen LogP contribution in [0.25, 0.3) is 0 Å². The quantitative estimate of drug-likeness (QED) is 0.293. The highest BCUT2D eigenvalue weighted by atomic mass is 16.5. The fraction of sp³-hybridized carbons (Fsp3) is 0.846. The smallest absolute Gasteiger partial charge is 0.234 e. The summed E-state index contributed by atoms with van der Waals surface area (Å²) in [6.45, 7) is 5.03. The van der Waals surface area contributed by atoms with Gasteiger partial charge in [-0.15, -0.1) is 0 Å². The van der Waals surface area contributed by atoms with Crippen molar-refractivity contribution < 1.29 is 14.7 Å². The minimum Gasteiger partial charge on any atom is -0.409 e. The Hall–Kier alpha value is -1.30. The molecule has 19 heavy (non-hydrogen) atoms. The van der Waals surface area contributed by atoms with Crippen molar-refractivity contribution in [3.63, 3.8) is 0 Å². The van der Waals surface area contributed by atoms with Crippen LogP contribution in [0.1, 0.15) is 46.0 Å². The van der Waals surface area contributed by atoms with Crippen molar-refractivity contribution in [2.24, 2.45) is 16.3 Å². The third kappa shape index (κ3) is 3.59. The Bertz CT molecular complexity index is 325. The number of oxime groups is 1. The van der Waals surface area contributed by atoms with E-state index in [0.29, 0.717) is 26.1 Å². The number of carbonyl (C=O) groups is 1. The summed E-state index contributed by atoms with van der Waals surface area (Å²) in [4.78, 5) is 12.5. The number of nitrogens with one attached hydrogen (secondary N) is 1. The molecule has 1 saturated heterocycles. The third-order valence-electron chi connectivity index (χ3n) is 3.84. The van der Waals surface area contributed by atoms with E-state index in [2.05, 4.69) is 17.4 Å². The van der Waals surface area contributed by atoms with Crippen LogP contribution < -0.4 is 11.1 Å². The standard InChI is InChI=1S/C13H25N3O3/c1-3-5-10(4-2)15-12(17)13(11(14)16-18)6-8-19-9-7-13/h10,18H,3-9H2,1-2H3,(H2,14,16)(H,15,17). The minimum atomic E-state index is -0.922. The van der Waals surface area contributed by atoms with Crippen molar-refractivity contribution in [3.05, 3.63) is 0 Å². The molecule has 0 aromatic heterocycles. The van der Waals surface area contributed by atoms with Gasteiger partial charge in [0.25, 0.3) is 0 Å². The predicted molar refractivity (Wildman–Crippen MR) is 73.0 cm³/mol. The summed E-state index contributed by atoms with van der Waals surface area (Å²) in [5.74, 6) is -0.161. The Morgan fingerprint density at radius 1 is 1.47 bits per heavy atom. The molecule has 1 heterocycles. The second-order valence-corrected chi connectivity index (χ2v) is 5.05. The van der Waals surface area contributed by atoms with Crippen molar-refractivity contribution in [1.82, 2.24) is 5.32 Å². The summed E-state index contributed by atoms with van der Waals surface area (Å²) in [5, 5.41) is 15.0. The Balaban J connectivity index is 2.83. The normalized spacial score (nSPS) is 20.8. The highest BCUT2D eigenvalue weighted by molar-refractivity contribution is 6.06. The number of ether oxygens (including phenoxy) is 1. The van der Waals surface area contributed by atoms with E-state index in [1.54, 1.807) is 0 Å². The fourth-order valence-corrected chi connectivity index (χ4v) is 2.47. The Morgan fingerprint density at radius 3 is 2.58 bits per heavy atom. The second-order valence-electron chi connectivity index (χ2n) is 5.05. The topological polar surface area (TPSA) is 96.9 Å². The van der Waals surface area contributed by atoms with Crippen molar-refractivity contribution >= 4 is 11.7 Å². The van der Waals surface area contributed by atoms with E-state index in [4.69, 9.17) is 15.7 Å². The largest absolute Gasteiger partial charge is 0.409 e. The lowest BCUT2D eigenvalue weighted by molar-refractivity contribution is -0.132. The molecule has 1 atom stereocenters. The first-order valence-electron chi connectivity index (χ1n) is 6.97. The third-order valence-corrected chi connectivity index (χ3v) is 3.84. The van der Waals surface area contributed by atoms with Gasteiger partial charge in [-0.2, -0.15) is 0 Å². The van der Waals surface area contributed by atoms with Gasteiger partial charge in [-0.3, -0.25) is 4.79 Å². The van der Waals surface area contributed by atoms with Gasteiger partial charge in [0.2, 0.25) is 5.91 Å². The molecule has 1 aliphatic heterocycles. The maximum Gasteiger partial charge on any atom is 0.234 e. The van der Waals surface area contributed by atoms with Crippen LogP contribution in [-0.2, 0) is 9.53 Å². The van der Waals surface area contributed by atoms with Crippen LogP contribution in [0.3, 0.4) is 0 Å². The molecule has 1 amide bonds. The van der Waals surface area contributed by atoms with Crippen LogP contribution in [-0.4, -0.2) is 36.2 Å². The number of amides is 1. The SMILES string of the molecule is CCCC(CC)NC(=O)C1(C(N)=NO)CCOCC1. The van der Waals surface area contributed by atoms with Crippen molar-refractivity contribution in [3.8, 4) is 0 Å². The molecule has 0 aliphatic carbocycles. The predicted octanol–water partition coefficient (Wildman–Crippen LogP) is 1.22. The maximum absolute atomic E-state index is 12.5. The average Bonchev–Trinajstić information content (AvgIpc) is 2.46. The van der Waals surface area contributed by atoms with Crippen LogP contribution in [0.4, 0.5) is 0 Å². The van der Waals surface area contributed by atoms with E-state index in [-0.39, 0.29) is 17.8 Å². The second kappa shape index (κ2) is 7.33. The van der Waals surface area contributed by atoms with Crippen LogP contribution >= 0.6 is 0 Å². The molecule has 6 nitrogen and oxygen atoms in total. The first-order valence-corrected chi connectivity index (χ1v) is 6.97. The summed E-state index contributed by atoms with van der Waals surface area (Å²) >= 11 is 0. The zero-order valence-corrected chi connectivity index (χ0v) is 11.8. The van der Waals surface area contributed by atoms with E-state index in [1.807, 2.05) is 6.92 Å². The minimum absolute atomic E-state index is 0.0142. The highest BCUT2D eigenvalue weighted by Crippen LogP contribution is 2.31. The van der Waals surface area contributed by atoms with Crippen molar-refractivity contribution in [1.29, 1.82) is 0 Å². The zero-order valence-electron chi connectivity index (χ0n) is 11.8. The zero-order chi connectivity index (χ0) is 14.3. The molecule has 0 saturated carbocycles. The highest BCUT2D eigenvalue weighted by Gasteiger charge is 2.44. The summed E-state index contributed by atoms with van der Waals surface area (Å²) in [6.07, 6.45) is 3.74. The monoisotopic (exact) mass is 271 g/mol. The van der Waals surface area contributed by atoms with Crippen LogP contribution in [0.15, 0.2) is 5.16 Å². The van der Waals surface area contributed by atoms with Crippen LogP contribution in [0.2, 0.25) is 0 Å². The average molecular weight is 271 g/mol. The molecular formula is C13H25N3O3. The van der Waals surface area contributed by atoms with Gasteiger partial charge >= 0.3 is 0 Å². The molecule has 0 bridgehead atoms. The number of hydrogen-bond acceptors (Lipinski definition) is 4. The number of amidine groups is 1. The van der Waals surface area contributed by atoms with E-state index in [0.717, 1.165) is 19.3 Å². The Labute approximate surface area is 114 Å². The van der Waals surface area contributed by atoms with Gasteiger partial charge in [0.15, 0.2) is 5.84 Å². The number of nitrogens with two attached hydrogens (primary N) is 1. The molecule has 4 N–H and O–H groups in total. The van der Waals surface area contributed by atoms with E-state index in [1.165, 1.54) is 0 Å². The lowest BCUT2D eigenvalue weighted by Crippen LogP contribution is -2.54. The van der Waals surface area contributed by atoms with Gasteiger partial charge < -0.3 is 21.0 Å². The maximum atomic E-state index is 12.5. The molecule has 1 unspecified atom stereocenters. The molecule has 0 aromatic rings. The molecule has 0 radical (unpaired) electrons. The molecule has 6 heteroatoms. The van der Waals surface area contributed by atoms with Crippen LogP contribution in [0, 0.1) is 5.41 Å². The van der Waals surface area contributed by atoms with Gasteiger partial charge in [0.05, 0.1) is 0 Å². The molecule has 110 valence electrons. The fourth-order valence-electron chi connectivity index (χ4n) is 2.47. The first kappa shape index (κ1) is 15.8. The van der Waals surface area contributed by atoms with Gasteiger partial charge in [0.1, 0.15) is 5.41 Å². The summed E-state index contributed by atoms with van der Waals surface area (Å²) in [6, 6.07) is 0.142. The van der Waals surface area contributed by atoms with Crippen molar-refractivity contribution in [2.75, 3.05) is 13.2 Å². The van der Waals surface area contributed by atoms with Gasteiger partial charge in [-0.05, 0) is 25.7 Å². The number of nitrogens with zero attached hydrogens (tertiary/aromatic N) is 1. The van der Waals surface area contributed by atoms with Gasteiger partial charge in [-0.25, -0.2) is 0 Å². The molecule has 1 rings (SSSR count). The molecule has 0 aromatic carbocycles. The molecule has 1 fully saturated rings. The summed E-state index contributed by atoms with van der Waals surface area (Å²) in [7, 11) is 0. The lowest BCUT2D eigenvalue weighted by Gasteiger charge is -2.35. The molecule has 0 spiro atoms. The van der Waals surface area contributed by atoms with Crippen LogP contribution in [0.5, 0.6) is 0 Å².